The fourth-order valence-corrected chi connectivity index (χ4v) is 6.46. The molecule has 6 atom stereocenters. The monoisotopic (exact) mass is 399 g/mol. The number of fused-ring (bicyclic) bond motifs is 6. The predicted octanol–water partition coefficient (Wildman–Crippen LogP) is 1.12. The molecule has 2 amide bonds. The highest BCUT2D eigenvalue weighted by Gasteiger charge is 2.50. The van der Waals surface area contributed by atoms with Crippen LogP contribution in [0.25, 0.3) is 0 Å². The minimum atomic E-state index is -0.536. The third-order valence-corrected chi connectivity index (χ3v) is 7.69. The van der Waals surface area contributed by atoms with Crippen LogP contribution in [-0.2, 0) is 9.59 Å². The van der Waals surface area contributed by atoms with E-state index in [0.717, 1.165) is 37.8 Å². The summed E-state index contributed by atoms with van der Waals surface area (Å²) in [6.45, 7) is 2.91. The molecule has 29 heavy (non-hydrogen) atoms. The van der Waals surface area contributed by atoms with Gasteiger partial charge in [0.15, 0.2) is 0 Å². The fraction of sp³-hybridized carbons (Fsp3) is 0.682. The van der Waals surface area contributed by atoms with Gasteiger partial charge in [-0.2, -0.15) is 0 Å². The van der Waals surface area contributed by atoms with Gasteiger partial charge in [-0.15, -0.1) is 0 Å². The van der Waals surface area contributed by atoms with Crippen molar-refractivity contribution in [3.8, 4) is 0 Å². The maximum Gasteiger partial charge on any atom is 0.251 e. The Labute approximate surface area is 170 Å². The number of nitrogens with zero attached hydrogens (tertiary/aromatic N) is 3. The van der Waals surface area contributed by atoms with Crippen molar-refractivity contribution >= 4 is 11.8 Å². The highest BCUT2D eigenvalue weighted by atomic mass is 16.3. The molecule has 1 aromatic heterocycles. The molecule has 1 N–H and O–H groups in total. The number of amides is 2. The summed E-state index contributed by atoms with van der Waals surface area (Å²) in [4.78, 5) is 42.7. The molecule has 4 aliphatic rings. The molecule has 0 aliphatic carbocycles. The number of carbonyl (C=O) groups excluding carboxylic acids is 2. The molecule has 7 nitrogen and oxygen atoms in total. The van der Waals surface area contributed by atoms with Crippen molar-refractivity contribution in [1.82, 2.24) is 14.4 Å². The number of aromatic nitrogens is 1. The number of rotatable bonds is 2. The molecule has 7 heteroatoms. The SMILES string of the molecule is CC(=O)N1C[C@H]2C[C@@H](C1)[C@H](C(=O)N1[C@@H]3CC[C@H]1CC(CO)C3)n1c2cccc1=O. The first-order valence-electron chi connectivity index (χ1n) is 10.9. The molecule has 4 aliphatic heterocycles. The number of aliphatic hydroxyl groups excluding tert-OH is 1. The van der Waals surface area contributed by atoms with Crippen molar-refractivity contribution in [2.45, 2.75) is 63.1 Å². The number of hydrogen-bond donors (Lipinski definition) is 1. The first kappa shape index (κ1) is 18.9. The van der Waals surface area contributed by atoms with E-state index in [0.29, 0.717) is 13.1 Å². The minimum absolute atomic E-state index is 0.0291. The Bertz CT molecular complexity index is 882. The minimum Gasteiger partial charge on any atom is -0.396 e. The summed E-state index contributed by atoms with van der Waals surface area (Å²) in [5.74, 6) is 0.407. The molecule has 0 aromatic carbocycles. The normalized spacial score (nSPS) is 35.4. The Hall–Kier alpha value is -2.15. The highest BCUT2D eigenvalue weighted by molar-refractivity contribution is 5.83. The van der Waals surface area contributed by atoms with Crippen molar-refractivity contribution in [3.05, 3.63) is 34.2 Å². The molecule has 1 unspecified atom stereocenters. The smallest absolute Gasteiger partial charge is 0.251 e. The maximum absolute atomic E-state index is 13.9. The van der Waals surface area contributed by atoms with Gasteiger partial charge in [-0.1, -0.05) is 6.07 Å². The topological polar surface area (TPSA) is 82.8 Å². The summed E-state index contributed by atoms with van der Waals surface area (Å²) in [5.41, 5.74) is 0.764. The lowest BCUT2D eigenvalue weighted by molar-refractivity contribution is -0.146. The second kappa shape index (κ2) is 6.97. The maximum atomic E-state index is 13.9. The van der Waals surface area contributed by atoms with Crippen LogP contribution < -0.4 is 5.56 Å². The molecule has 156 valence electrons. The summed E-state index contributed by atoms with van der Waals surface area (Å²) in [7, 11) is 0. The van der Waals surface area contributed by atoms with Crippen LogP contribution in [0.15, 0.2) is 23.0 Å². The van der Waals surface area contributed by atoms with E-state index in [1.165, 1.54) is 0 Å². The molecule has 3 fully saturated rings. The molecule has 3 saturated heterocycles. The first-order valence-corrected chi connectivity index (χ1v) is 10.9. The van der Waals surface area contributed by atoms with E-state index < -0.39 is 6.04 Å². The van der Waals surface area contributed by atoms with Crippen LogP contribution in [0.1, 0.15) is 56.7 Å². The summed E-state index contributed by atoms with van der Waals surface area (Å²) >= 11 is 0. The number of carbonyl (C=O) groups is 2. The molecule has 5 heterocycles. The van der Waals surface area contributed by atoms with Crippen LogP contribution in [0.2, 0.25) is 0 Å². The van der Waals surface area contributed by atoms with E-state index in [9.17, 15) is 19.5 Å². The fourth-order valence-electron chi connectivity index (χ4n) is 6.46. The van der Waals surface area contributed by atoms with Gasteiger partial charge < -0.3 is 14.9 Å². The van der Waals surface area contributed by atoms with Crippen molar-refractivity contribution in [1.29, 1.82) is 0 Å². The number of likely N-dealkylation sites (tertiary alicyclic amines) is 1. The molecule has 0 radical (unpaired) electrons. The molecular formula is C22H29N3O4. The van der Waals surface area contributed by atoms with E-state index in [4.69, 9.17) is 0 Å². The largest absolute Gasteiger partial charge is 0.396 e. The van der Waals surface area contributed by atoms with Gasteiger partial charge in [-0.25, -0.2) is 0 Å². The number of aliphatic hydroxyl groups is 1. The zero-order valence-corrected chi connectivity index (χ0v) is 16.9. The van der Waals surface area contributed by atoms with E-state index in [1.807, 2.05) is 15.9 Å². The average molecular weight is 399 g/mol. The number of hydrogen-bond acceptors (Lipinski definition) is 4. The lowest BCUT2D eigenvalue weighted by Crippen LogP contribution is -2.57. The zero-order valence-electron chi connectivity index (χ0n) is 16.9. The van der Waals surface area contributed by atoms with E-state index in [2.05, 4.69) is 0 Å². The standard InChI is InChI=1S/C22H29N3O4/c1-13(27)23-10-15-9-16(11-23)21(25-19(15)3-2-4-20(25)28)22(29)24-17-5-6-18(24)8-14(7-17)12-26/h2-4,14-18,21,26H,5-12H2,1H3/t14?,15-,16+,17-,18+,21-/m1/s1. The summed E-state index contributed by atoms with van der Waals surface area (Å²) in [5, 5.41) is 9.61. The lowest BCUT2D eigenvalue weighted by atomic mass is 9.77. The second-order valence-corrected chi connectivity index (χ2v) is 9.37. The predicted molar refractivity (Wildman–Crippen MR) is 106 cm³/mol. The molecule has 1 aromatic rings. The van der Waals surface area contributed by atoms with Gasteiger partial charge in [0.2, 0.25) is 11.8 Å². The average Bonchev–Trinajstić information content (AvgIpc) is 2.98. The van der Waals surface area contributed by atoms with Crippen molar-refractivity contribution in [2.24, 2.45) is 11.8 Å². The molecule has 5 rings (SSSR count). The van der Waals surface area contributed by atoms with Gasteiger partial charge in [0.25, 0.3) is 5.56 Å². The van der Waals surface area contributed by atoms with Gasteiger partial charge >= 0.3 is 0 Å². The van der Waals surface area contributed by atoms with Crippen LogP contribution >= 0.6 is 0 Å². The van der Waals surface area contributed by atoms with E-state index in [1.54, 1.807) is 23.6 Å². The first-order chi connectivity index (χ1) is 14.0. The van der Waals surface area contributed by atoms with Gasteiger partial charge in [-0.3, -0.25) is 19.0 Å². The number of piperidine rings is 2. The third kappa shape index (κ3) is 2.93. The Morgan fingerprint density at radius 3 is 2.48 bits per heavy atom. The molecule has 4 bridgehead atoms. The van der Waals surface area contributed by atoms with Crippen molar-refractivity contribution in [3.63, 3.8) is 0 Å². The second-order valence-electron chi connectivity index (χ2n) is 9.37. The van der Waals surface area contributed by atoms with Crippen LogP contribution in [0.5, 0.6) is 0 Å². The quantitative estimate of drug-likeness (QED) is 0.808. The van der Waals surface area contributed by atoms with Crippen LogP contribution in [0, 0.1) is 11.8 Å². The summed E-state index contributed by atoms with van der Waals surface area (Å²) in [6.07, 6.45) is 4.47. The van der Waals surface area contributed by atoms with E-state index >= 15 is 0 Å². The lowest BCUT2D eigenvalue weighted by Gasteiger charge is -2.48. The summed E-state index contributed by atoms with van der Waals surface area (Å²) < 4.78 is 1.73. The van der Waals surface area contributed by atoms with Crippen molar-refractivity contribution in [2.75, 3.05) is 19.7 Å². The zero-order chi connectivity index (χ0) is 20.3. The Morgan fingerprint density at radius 2 is 1.83 bits per heavy atom. The Balaban J connectivity index is 1.54. The van der Waals surface area contributed by atoms with Gasteiger partial charge in [0.05, 0.1) is 0 Å². The third-order valence-electron chi connectivity index (χ3n) is 7.69. The van der Waals surface area contributed by atoms with Crippen LogP contribution in [0.4, 0.5) is 0 Å². The van der Waals surface area contributed by atoms with Gasteiger partial charge in [-0.05, 0) is 44.1 Å². The summed E-state index contributed by atoms with van der Waals surface area (Å²) in [6, 6.07) is 5.03. The highest BCUT2D eigenvalue weighted by Crippen LogP contribution is 2.45. The van der Waals surface area contributed by atoms with Crippen LogP contribution in [-0.4, -0.2) is 63.1 Å². The van der Waals surface area contributed by atoms with Crippen LogP contribution in [0.3, 0.4) is 0 Å². The molecule has 0 saturated carbocycles. The van der Waals surface area contributed by atoms with Crippen molar-refractivity contribution < 1.29 is 14.7 Å². The Morgan fingerprint density at radius 1 is 1.10 bits per heavy atom. The Kier molecular flexibility index (Phi) is 4.53. The number of pyridine rings is 1. The molecule has 0 spiro atoms. The van der Waals surface area contributed by atoms with E-state index in [-0.39, 0.29) is 53.8 Å². The van der Waals surface area contributed by atoms with Gasteiger partial charge in [0.1, 0.15) is 6.04 Å². The van der Waals surface area contributed by atoms with Gasteiger partial charge in [0, 0.05) is 62.3 Å². The molecular weight excluding hydrogens is 370 g/mol.